The van der Waals surface area contributed by atoms with E-state index in [0.29, 0.717) is 11.3 Å². The molecule has 0 radical (unpaired) electrons. The predicted molar refractivity (Wildman–Crippen MR) is 91.3 cm³/mol. The molecule has 0 aromatic carbocycles. The SMILES string of the molecule is CSC1CCCCC1n1c(C(C)Cl)nc2ccc(C)nc21. The Hall–Kier alpha value is -0.740. The molecule has 2 aromatic rings. The summed E-state index contributed by atoms with van der Waals surface area (Å²) in [5.41, 5.74) is 3.01. The molecule has 21 heavy (non-hydrogen) atoms. The highest BCUT2D eigenvalue weighted by molar-refractivity contribution is 7.99. The number of rotatable bonds is 3. The molecule has 0 spiro atoms. The molecule has 3 unspecified atom stereocenters. The van der Waals surface area contributed by atoms with Gasteiger partial charge in [-0.1, -0.05) is 12.8 Å². The number of fused-ring (bicyclic) bond motifs is 1. The van der Waals surface area contributed by atoms with Crippen molar-refractivity contribution in [1.29, 1.82) is 0 Å². The zero-order valence-electron chi connectivity index (χ0n) is 12.8. The maximum Gasteiger partial charge on any atom is 0.160 e. The fraction of sp³-hybridized carbons (Fsp3) is 0.625. The Labute approximate surface area is 135 Å². The summed E-state index contributed by atoms with van der Waals surface area (Å²) in [5, 5.41) is 0.538. The number of aromatic nitrogens is 3. The lowest BCUT2D eigenvalue weighted by Crippen LogP contribution is -2.27. The van der Waals surface area contributed by atoms with Crippen molar-refractivity contribution in [3.63, 3.8) is 0 Å². The molecule has 3 rings (SSSR count). The Bertz CT molecular complexity index is 638. The normalized spacial score (nSPS) is 24.4. The van der Waals surface area contributed by atoms with E-state index in [-0.39, 0.29) is 5.38 Å². The second-order valence-electron chi connectivity index (χ2n) is 5.88. The first-order valence-electron chi connectivity index (χ1n) is 7.64. The van der Waals surface area contributed by atoms with Gasteiger partial charge in [0.2, 0.25) is 0 Å². The van der Waals surface area contributed by atoms with Gasteiger partial charge in [0.1, 0.15) is 11.3 Å². The highest BCUT2D eigenvalue weighted by atomic mass is 35.5. The highest BCUT2D eigenvalue weighted by Crippen LogP contribution is 2.39. The van der Waals surface area contributed by atoms with Gasteiger partial charge in [0.15, 0.2) is 5.65 Å². The summed E-state index contributed by atoms with van der Waals surface area (Å²) in [4.78, 5) is 9.51. The van der Waals surface area contributed by atoms with Crippen LogP contribution in [-0.2, 0) is 0 Å². The molecule has 2 heterocycles. The molecule has 0 N–H and O–H groups in total. The minimum absolute atomic E-state index is 0.0936. The first kappa shape index (κ1) is 15.2. The Morgan fingerprint density at radius 2 is 2.05 bits per heavy atom. The Balaban J connectivity index is 2.18. The van der Waals surface area contributed by atoms with Gasteiger partial charge in [-0.2, -0.15) is 11.8 Å². The van der Waals surface area contributed by atoms with Gasteiger partial charge >= 0.3 is 0 Å². The lowest BCUT2D eigenvalue weighted by molar-refractivity contribution is 0.362. The van der Waals surface area contributed by atoms with Crippen LogP contribution in [0.1, 0.15) is 55.5 Å². The number of pyridine rings is 1. The zero-order valence-corrected chi connectivity index (χ0v) is 14.4. The number of alkyl halides is 1. The van der Waals surface area contributed by atoms with Crippen LogP contribution >= 0.6 is 23.4 Å². The van der Waals surface area contributed by atoms with Gasteiger partial charge in [-0.3, -0.25) is 0 Å². The molecule has 0 bridgehead atoms. The predicted octanol–water partition coefficient (Wildman–Crippen LogP) is 4.89. The number of halogens is 1. The third-order valence-corrected chi connectivity index (χ3v) is 5.71. The molecule has 0 amide bonds. The largest absolute Gasteiger partial charge is 0.307 e. The van der Waals surface area contributed by atoms with Crippen LogP contribution in [0.25, 0.3) is 11.2 Å². The fourth-order valence-corrected chi connectivity index (χ4v) is 4.47. The monoisotopic (exact) mass is 323 g/mol. The summed E-state index contributed by atoms with van der Waals surface area (Å²) in [6, 6.07) is 4.55. The summed E-state index contributed by atoms with van der Waals surface area (Å²) in [5.74, 6) is 0.968. The second-order valence-corrected chi connectivity index (χ2v) is 7.61. The topological polar surface area (TPSA) is 30.7 Å². The summed E-state index contributed by atoms with van der Waals surface area (Å²) < 4.78 is 2.33. The minimum Gasteiger partial charge on any atom is -0.307 e. The molecule has 5 heteroatoms. The van der Waals surface area contributed by atoms with E-state index in [4.69, 9.17) is 21.6 Å². The summed E-state index contributed by atoms with van der Waals surface area (Å²) >= 11 is 8.38. The van der Waals surface area contributed by atoms with Gasteiger partial charge in [0.05, 0.1) is 5.38 Å². The maximum atomic E-state index is 6.41. The van der Waals surface area contributed by atoms with E-state index in [0.717, 1.165) is 22.7 Å². The van der Waals surface area contributed by atoms with Crippen molar-refractivity contribution in [3.05, 3.63) is 23.7 Å². The van der Waals surface area contributed by atoms with E-state index in [9.17, 15) is 0 Å². The summed E-state index contributed by atoms with van der Waals surface area (Å²) in [7, 11) is 0. The molecule has 1 fully saturated rings. The Kier molecular flexibility index (Phi) is 4.46. The zero-order chi connectivity index (χ0) is 15.0. The van der Waals surface area contributed by atoms with Crippen molar-refractivity contribution in [2.24, 2.45) is 0 Å². The van der Waals surface area contributed by atoms with Crippen molar-refractivity contribution >= 4 is 34.5 Å². The number of aryl methyl sites for hydroxylation is 1. The Morgan fingerprint density at radius 3 is 2.76 bits per heavy atom. The van der Waals surface area contributed by atoms with E-state index in [1.54, 1.807) is 0 Å². The molecular weight excluding hydrogens is 302 g/mol. The molecule has 0 aliphatic heterocycles. The van der Waals surface area contributed by atoms with Crippen molar-refractivity contribution in [2.45, 2.75) is 56.2 Å². The Morgan fingerprint density at radius 1 is 1.29 bits per heavy atom. The van der Waals surface area contributed by atoms with E-state index in [1.807, 2.05) is 31.7 Å². The van der Waals surface area contributed by atoms with Gasteiger partial charge in [0.25, 0.3) is 0 Å². The standard InChI is InChI=1S/C16H22ClN3S/c1-10-8-9-12-16(18-10)20(15(19-12)11(2)17)13-6-4-5-7-14(13)21-3/h8-9,11,13-14H,4-7H2,1-3H3. The molecule has 1 saturated carbocycles. The lowest BCUT2D eigenvalue weighted by Gasteiger charge is -2.32. The van der Waals surface area contributed by atoms with Crippen LogP contribution in [-0.4, -0.2) is 26.0 Å². The van der Waals surface area contributed by atoms with Crippen LogP contribution < -0.4 is 0 Å². The van der Waals surface area contributed by atoms with Gasteiger partial charge in [0, 0.05) is 17.0 Å². The van der Waals surface area contributed by atoms with E-state index in [1.165, 1.54) is 25.7 Å². The second kappa shape index (κ2) is 6.17. The van der Waals surface area contributed by atoms with Crippen molar-refractivity contribution in [2.75, 3.05) is 6.26 Å². The van der Waals surface area contributed by atoms with Crippen LogP contribution in [0.3, 0.4) is 0 Å². The van der Waals surface area contributed by atoms with Crippen LogP contribution in [0, 0.1) is 6.92 Å². The number of nitrogens with zero attached hydrogens (tertiary/aromatic N) is 3. The van der Waals surface area contributed by atoms with Gasteiger partial charge in [-0.25, -0.2) is 9.97 Å². The molecular formula is C16H22ClN3S. The third-order valence-electron chi connectivity index (χ3n) is 4.36. The molecule has 114 valence electrons. The number of hydrogen-bond acceptors (Lipinski definition) is 3. The van der Waals surface area contributed by atoms with Crippen molar-refractivity contribution < 1.29 is 0 Å². The van der Waals surface area contributed by atoms with Crippen molar-refractivity contribution in [1.82, 2.24) is 14.5 Å². The minimum atomic E-state index is -0.0936. The summed E-state index contributed by atoms with van der Waals surface area (Å²) in [6.45, 7) is 4.04. The quantitative estimate of drug-likeness (QED) is 0.754. The molecule has 0 saturated heterocycles. The molecule has 1 aliphatic rings. The van der Waals surface area contributed by atoms with E-state index < -0.39 is 0 Å². The lowest BCUT2D eigenvalue weighted by atomic mass is 9.94. The van der Waals surface area contributed by atoms with E-state index >= 15 is 0 Å². The fourth-order valence-electron chi connectivity index (χ4n) is 3.34. The summed E-state index contributed by atoms with van der Waals surface area (Å²) in [6.07, 6.45) is 7.29. The first-order valence-corrected chi connectivity index (χ1v) is 9.36. The van der Waals surface area contributed by atoms with Gasteiger partial charge < -0.3 is 4.57 Å². The average molecular weight is 324 g/mol. The third kappa shape index (κ3) is 2.80. The molecule has 3 nitrogen and oxygen atoms in total. The van der Waals surface area contributed by atoms with Crippen LogP contribution in [0.15, 0.2) is 12.1 Å². The number of hydrogen-bond donors (Lipinski definition) is 0. The molecule has 2 aromatic heterocycles. The number of imidazole rings is 1. The van der Waals surface area contributed by atoms with Crippen molar-refractivity contribution in [3.8, 4) is 0 Å². The smallest absolute Gasteiger partial charge is 0.160 e. The average Bonchev–Trinajstić information content (AvgIpc) is 2.85. The van der Waals surface area contributed by atoms with Crippen LogP contribution in [0.5, 0.6) is 0 Å². The van der Waals surface area contributed by atoms with E-state index in [2.05, 4.69) is 16.9 Å². The first-order chi connectivity index (χ1) is 10.1. The van der Waals surface area contributed by atoms with Gasteiger partial charge in [-0.05, 0) is 45.1 Å². The van der Waals surface area contributed by atoms with Crippen LogP contribution in [0.4, 0.5) is 0 Å². The highest BCUT2D eigenvalue weighted by Gasteiger charge is 2.30. The molecule has 1 aliphatic carbocycles. The maximum absolute atomic E-state index is 6.41. The molecule has 3 atom stereocenters. The van der Waals surface area contributed by atoms with Gasteiger partial charge in [-0.15, -0.1) is 11.6 Å². The van der Waals surface area contributed by atoms with Crippen LogP contribution in [0.2, 0.25) is 0 Å². The number of thioether (sulfide) groups is 1.